The fourth-order valence-electron chi connectivity index (χ4n) is 0.868. The van der Waals surface area contributed by atoms with Gasteiger partial charge in [0.25, 0.3) is 0 Å². The highest BCUT2D eigenvalue weighted by Crippen LogP contribution is 2.21. The first-order valence-electron chi connectivity index (χ1n) is 3.28. The van der Waals surface area contributed by atoms with E-state index in [1.54, 1.807) is 0 Å². The lowest BCUT2D eigenvalue weighted by molar-refractivity contribution is -0.138. The molecule has 1 heterocycles. The number of aromatic nitrogens is 2. The predicted molar refractivity (Wildman–Crippen MR) is 45.7 cm³/mol. The zero-order valence-electron chi connectivity index (χ0n) is 6.12. The molecule has 0 saturated carbocycles. The summed E-state index contributed by atoms with van der Waals surface area (Å²) in [4.78, 5) is 10.6. The Hall–Kier alpha value is -0.880. The van der Waals surface area contributed by atoms with Gasteiger partial charge in [0.05, 0.1) is 16.4 Å². The number of H-pyrrole nitrogens is 1. The standard InChI is InChI=1S/C6H8BrN3O2/c7-4-2-9-10-5(4)3(1-8)6(11)12/h2-3H,1,8H2,(H,9,10)(H,11,12). The van der Waals surface area contributed by atoms with Gasteiger partial charge in [-0.15, -0.1) is 0 Å². The number of nitrogens with zero attached hydrogens (tertiary/aromatic N) is 1. The van der Waals surface area contributed by atoms with Crippen LogP contribution in [0.4, 0.5) is 0 Å². The summed E-state index contributed by atoms with van der Waals surface area (Å²) in [6.45, 7) is 0.0517. The Morgan fingerprint density at radius 3 is 2.92 bits per heavy atom. The molecule has 12 heavy (non-hydrogen) atoms. The van der Waals surface area contributed by atoms with Crippen molar-refractivity contribution in [1.82, 2.24) is 10.2 Å². The van der Waals surface area contributed by atoms with Crippen molar-refractivity contribution in [1.29, 1.82) is 0 Å². The molecular weight excluding hydrogens is 226 g/mol. The second-order valence-corrected chi connectivity index (χ2v) is 3.11. The van der Waals surface area contributed by atoms with Crippen LogP contribution in [0, 0.1) is 0 Å². The molecule has 5 nitrogen and oxygen atoms in total. The maximum atomic E-state index is 10.6. The minimum absolute atomic E-state index is 0.0517. The first-order valence-corrected chi connectivity index (χ1v) is 4.07. The van der Waals surface area contributed by atoms with Crippen LogP contribution in [-0.2, 0) is 4.79 Å². The van der Waals surface area contributed by atoms with E-state index < -0.39 is 11.9 Å². The molecule has 1 aromatic heterocycles. The number of carbonyl (C=O) groups is 1. The zero-order valence-corrected chi connectivity index (χ0v) is 7.71. The Kier molecular flexibility index (Phi) is 2.83. The molecule has 0 spiro atoms. The molecule has 0 aromatic carbocycles. The van der Waals surface area contributed by atoms with E-state index in [0.29, 0.717) is 10.2 Å². The number of halogens is 1. The smallest absolute Gasteiger partial charge is 0.313 e. The molecule has 6 heteroatoms. The minimum atomic E-state index is -0.956. The Bertz CT molecular complexity index is 286. The van der Waals surface area contributed by atoms with Gasteiger partial charge in [-0.05, 0) is 15.9 Å². The molecule has 1 unspecified atom stereocenters. The van der Waals surface area contributed by atoms with Crippen LogP contribution in [0.2, 0.25) is 0 Å². The van der Waals surface area contributed by atoms with E-state index in [0.717, 1.165) is 0 Å². The van der Waals surface area contributed by atoms with Crippen LogP contribution in [-0.4, -0.2) is 27.8 Å². The summed E-state index contributed by atoms with van der Waals surface area (Å²) in [7, 11) is 0. The molecule has 4 N–H and O–H groups in total. The van der Waals surface area contributed by atoms with Gasteiger partial charge >= 0.3 is 5.97 Å². The van der Waals surface area contributed by atoms with Gasteiger partial charge < -0.3 is 10.8 Å². The topological polar surface area (TPSA) is 92.0 Å². The van der Waals surface area contributed by atoms with Crippen molar-refractivity contribution in [2.45, 2.75) is 5.92 Å². The number of rotatable bonds is 3. The van der Waals surface area contributed by atoms with Crippen LogP contribution in [0.15, 0.2) is 10.7 Å². The minimum Gasteiger partial charge on any atom is -0.481 e. The van der Waals surface area contributed by atoms with Gasteiger partial charge in [-0.1, -0.05) is 0 Å². The molecule has 0 fully saturated rings. The second-order valence-electron chi connectivity index (χ2n) is 2.26. The highest BCUT2D eigenvalue weighted by atomic mass is 79.9. The molecule has 1 atom stereocenters. The molecule has 1 aromatic rings. The third-order valence-electron chi connectivity index (χ3n) is 1.50. The number of carboxylic acids is 1. The van der Waals surface area contributed by atoms with E-state index in [2.05, 4.69) is 26.1 Å². The molecular formula is C6H8BrN3O2. The highest BCUT2D eigenvalue weighted by Gasteiger charge is 2.21. The molecule has 0 aliphatic carbocycles. The average molecular weight is 234 g/mol. The number of carboxylic acid groups (broad SMARTS) is 1. The first kappa shape index (κ1) is 9.21. The Balaban J connectivity index is 2.94. The van der Waals surface area contributed by atoms with Crippen LogP contribution in [0.1, 0.15) is 11.6 Å². The molecule has 0 bridgehead atoms. The number of nitrogens with two attached hydrogens (primary N) is 1. The van der Waals surface area contributed by atoms with E-state index in [-0.39, 0.29) is 6.54 Å². The summed E-state index contributed by atoms with van der Waals surface area (Å²) in [6, 6.07) is 0. The van der Waals surface area contributed by atoms with Crippen molar-refractivity contribution in [3.8, 4) is 0 Å². The quantitative estimate of drug-likeness (QED) is 0.701. The number of aromatic amines is 1. The number of hydrogen-bond donors (Lipinski definition) is 3. The van der Waals surface area contributed by atoms with E-state index in [1.165, 1.54) is 6.20 Å². The Morgan fingerprint density at radius 2 is 2.58 bits per heavy atom. The summed E-state index contributed by atoms with van der Waals surface area (Å²) in [5.74, 6) is -1.68. The van der Waals surface area contributed by atoms with E-state index >= 15 is 0 Å². The second kappa shape index (κ2) is 3.68. The average Bonchev–Trinajstić information content (AvgIpc) is 2.38. The fraction of sp³-hybridized carbons (Fsp3) is 0.333. The molecule has 0 radical (unpaired) electrons. The van der Waals surface area contributed by atoms with Crippen LogP contribution in [0.3, 0.4) is 0 Å². The summed E-state index contributed by atoms with van der Waals surface area (Å²) >= 11 is 3.16. The van der Waals surface area contributed by atoms with E-state index in [4.69, 9.17) is 10.8 Å². The summed E-state index contributed by atoms with van der Waals surface area (Å²) in [5, 5.41) is 15.0. The van der Waals surface area contributed by atoms with Crippen LogP contribution in [0.5, 0.6) is 0 Å². The maximum absolute atomic E-state index is 10.6. The summed E-state index contributed by atoms with van der Waals surface area (Å²) in [6.07, 6.45) is 1.50. The van der Waals surface area contributed by atoms with Gasteiger partial charge in [0.15, 0.2) is 0 Å². The van der Waals surface area contributed by atoms with Crippen LogP contribution >= 0.6 is 15.9 Å². The number of nitrogens with one attached hydrogen (secondary N) is 1. The van der Waals surface area contributed by atoms with Crippen LogP contribution < -0.4 is 5.73 Å². The number of hydrogen-bond acceptors (Lipinski definition) is 3. The van der Waals surface area contributed by atoms with Crippen molar-refractivity contribution in [2.24, 2.45) is 5.73 Å². The molecule has 0 saturated heterocycles. The lowest BCUT2D eigenvalue weighted by Crippen LogP contribution is -2.21. The third kappa shape index (κ3) is 1.64. The molecule has 66 valence electrons. The molecule has 0 aliphatic rings. The highest BCUT2D eigenvalue weighted by molar-refractivity contribution is 9.10. The van der Waals surface area contributed by atoms with Gasteiger partial charge in [-0.25, -0.2) is 0 Å². The van der Waals surface area contributed by atoms with Crippen LogP contribution in [0.25, 0.3) is 0 Å². The first-order chi connectivity index (χ1) is 5.66. The lowest BCUT2D eigenvalue weighted by atomic mass is 10.1. The van der Waals surface area contributed by atoms with Gasteiger partial charge in [0.2, 0.25) is 0 Å². The predicted octanol–water partition coefficient (Wildman–Crippen LogP) is 0.299. The molecule has 0 aliphatic heterocycles. The summed E-state index contributed by atoms with van der Waals surface area (Å²) in [5.41, 5.74) is 5.79. The van der Waals surface area contributed by atoms with E-state index in [9.17, 15) is 4.79 Å². The molecule has 1 rings (SSSR count). The van der Waals surface area contributed by atoms with E-state index in [1.807, 2.05) is 0 Å². The van der Waals surface area contributed by atoms with Crippen molar-refractivity contribution in [3.05, 3.63) is 16.4 Å². The van der Waals surface area contributed by atoms with Gasteiger partial charge in [0, 0.05) is 6.54 Å². The van der Waals surface area contributed by atoms with Gasteiger partial charge in [-0.2, -0.15) is 5.10 Å². The summed E-state index contributed by atoms with van der Waals surface area (Å²) < 4.78 is 0.639. The van der Waals surface area contributed by atoms with Crippen molar-refractivity contribution < 1.29 is 9.90 Å². The van der Waals surface area contributed by atoms with Gasteiger partial charge in [0.1, 0.15) is 5.92 Å². The normalized spacial score (nSPS) is 12.8. The third-order valence-corrected chi connectivity index (χ3v) is 2.13. The SMILES string of the molecule is NCC(C(=O)O)c1[nH]ncc1Br. The van der Waals surface area contributed by atoms with Crippen molar-refractivity contribution in [3.63, 3.8) is 0 Å². The zero-order chi connectivity index (χ0) is 9.14. The fourth-order valence-corrected chi connectivity index (χ4v) is 1.34. The maximum Gasteiger partial charge on any atom is 0.313 e. The number of aliphatic carboxylic acids is 1. The monoisotopic (exact) mass is 233 g/mol. The Labute approximate surface area is 77.1 Å². The van der Waals surface area contributed by atoms with Gasteiger partial charge in [-0.3, -0.25) is 9.89 Å². The van der Waals surface area contributed by atoms with Crippen molar-refractivity contribution in [2.75, 3.05) is 6.54 Å². The largest absolute Gasteiger partial charge is 0.481 e. The Morgan fingerprint density at radius 1 is 1.92 bits per heavy atom. The molecule has 0 amide bonds. The van der Waals surface area contributed by atoms with Crippen molar-refractivity contribution >= 4 is 21.9 Å². The lowest BCUT2D eigenvalue weighted by Gasteiger charge is -2.06.